The van der Waals surface area contributed by atoms with Crippen molar-refractivity contribution in [3.63, 3.8) is 0 Å². The highest BCUT2D eigenvalue weighted by Gasteiger charge is 2.27. The predicted molar refractivity (Wildman–Crippen MR) is 180 cm³/mol. The Morgan fingerprint density at radius 3 is 2.00 bits per heavy atom. The van der Waals surface area contributed by atoms with Crippen LogP contribution in [0.15, 0.2) is 95.5 Å². The van der Waals surface area contributed by atoms with E-state index in [0.29, 0.717) is 12.2 Å². The molecule has 0 bridgehead atoms. The maximum absolute atomic E-state index is 12.5. The number of carboxylic acids is 1. The largest absolute Gasteiger partial charge is 0.478 e. The standard InChI is InChI=1S/C37H33BrO3S/c1-21(2)28-19-24(20-29(22(3)4)35(28)41-30(37(39)40)18-23-12-6-5-7-13-23)32-25-14-8-9-15-26(25)34(38)36-33(32)27-16-10-11-17-31(27)42-36/h5-17,19-22,30H,18H2,1-4H3,(H,39,40)/t30-/m1/s1. The summed E-state index contributed by atoms with van der Waals surface area (Å²) in [5, 5.41) is 15.0. The number of ether oxygens (including phenoxy) is 1. The van der Waals surface area contributed by atoms with E-state index in [1.54, 1.807) is 0 Å². The van der Waals surface area contributed by atoms with Gasteiger partial charge in [0, 0.05) is 26.4 Å². The van der Waals surface area contributed by atoms with Gasteiger partial charge in [-0.1, -0.05) is 100 Å². The number of carbonyl (C=O) groups is 1. The number of rotatable bonds is 8. The van der Waals surface area contributed by atoms with Crippen molar-refractivity contribution in [2.24, 2.45) is 0 Å². The van der Waals surface area contributed by atoms with Crippen LogP contribution in [0.25, 0.3) is 42.1 Å². The van der Waals surface area contributed by atoms with Gasteiger partial charge >= 0.3 is 5.97 Å². The van der Waals surface area contributed by atoms with Gasteiger partial charge < -0.3 is 9.84 Å². The molecule has 3 nitrogen and oxygen atoms in total. The van der Waals surface area contributed by atoms with Crippen molar-refractivity contribution in [3.8, 4) is 16.9 Å². The normalized spacial score (nSPS) is 12.5. The predicted octanol–water partition coefficient (Wildman–Crippen LogP) is 11.0. The molecule has 0 amide bonds. The smallest absolute Gasteiger partial charge is 0.345 e. The van der Waals surface area contributed by atoms with Crippen molar-refractivity contribution in [1.29, 1.82) is 0 Å². The SMILES string of the molecule is CC(C)c1cc(-c2c3ccccc3c(Br)c3sc4ccccc4c23)cc(C(C)C)c1O[C@H](Cc1ccccc1)C(=O)O. The quantitative estimate of drug-likeness (QED) is 0.181. The second-order valence-corrected chi connectivity index (χ2v) is 13.3. The maximum atomic E-state index is 12.5. The molecule has 1 aromatic heterocycles. The summed E-state index contributed by atoms with van der Waals surface area (Å²) in [6.07, 6.45) is -0.694. The van der Waals surface area contributed by atoms with Crippen molar-refractivity contribution >= 4 is 64.2 Å². The van der Waals surface area contributed by atoms with Crippen LogP contribution in [0.3, 0.4) is 0 Å². The van der Waals surface area contributed by atoms with Crippen molar-refractivity contribution < 1.29 is 14.6 Å². The Kier molecular flexibility index (Phi) is 7.82. The summed E-state index contributed by atoms with van der Waals surface area (Å²) in [6, 6.07) is 31.3. The van der Waals surface area contributed by atoms with Crippen molar-refractivity contribution in [3.05, 3.63) is 112 Å². The molecule has 6 aromatic rings. The molecule has 0 fully saturated rings. The Hall–Kier alpha value is -3.67. The number of hydrogen-bond acceptors (Lipinski definition) is 3. The molecule has 42 heavy (non-hydrogen) atoms. The molecule has 0 spiro atoms. The topological polar surface area (TPSA) is 46.5 Å². The lowest BCUT2D eigenvalue weighted by Crippen LogP contribution is -2.30. The molecule has 0 radical (unpaired) electrons. The molecule has 1 N–H and O–H groups in total. The number of aliphatic carboxylic acids is 1. The molecule has 0 aliphatic rings. The Bertz CT molecular complexity index is 1910. The van der Waals surface area contributed by atoms with Crippen molar-refractivity contribution in [2.75, 3.05) is 0 Å². The van der Waals surface area contributed by atoms with E-state index in [-0.39, 0.29) is 11.8 Å². The summed E-state index contributed by atoms with van der Waals surface area (Å²) in [5.41, 5.74) is 5.31. The fourth-order valence-electron chi connectivity index (χ4n) is 5.86. The third kappa shape index (κ3) is 5.10. The molecule has 1 atom stereocenters. The van der Waals surface area contributed by atoms with Gasteiger partial charge in [0.2, 0.25) is 0 Å². The monoisotopic (exact) mass is 636 g/mol. The molecule has 1 heterocycles. The molecule has 212 valence electrons. The van der Waals surface area contributed by atoms with Gasteiger partial charge in [0.15, 0.2) is 6.10 Å². The Morgan fingerprint density at radius 1 is 0.810 bits per heavy atom. The Morgan fingerprint density at radius 2 is 1.38 bits per heavy atom. The summed E-state index contributed by atoms with van der Waals surface area (Å²) in [7, 11) is 0. The first-order valence-electron chi connectivity index (χ1n) is 14.4. The molecule has 5 heteroatoms. The lowest BCUT2D eigenvalue weighted by atomic mass is 9.86. The highest BCUT2D eigenvalue weighted by molar-refractivity contribution is 9.11. The molecule has 0 unspecified atom stereocenters. The third-order valence-electron chi connectivity index (χ3n) is 7.96. The molecule has 6 rings (SSSR count). The van der Waals surface area contributed by atoms with E-state index in [2.05, 4.69) is 104 Å². The molecular formula is C37H33BrO3S. The third-order valence-corrected chi connectivity index (χ3v) is 10.2. The minimum atomic E-state index is -0.991. The molecule has 0 saturated carbocycles. The van der Waals surface area contributed by atoms with Crippen LogP contribution in [0.2, 0.25) is 0 Å². The maximum Gasteiger partial charge on any atom is 0.345 e. The highest BCUT2D eigenvalue weighted by atomic mass is 79.9. The average molecular weight is 638 g/mol. The Labute approximate surface area is 258 Å². The first kappa shape index (κ1) is 28.4. The van der Waals surface area contributed by atoms with E-state index in [9.17, 15) is 9.90 Å². The van der Waals surface area contributed by atoms with Crippen LogP contribution in [0, 0.1) is 0 Å². The fraction of sp³-hybridized carbons (Fsp3) is 0.216. The van der Waals surface area contributed by atoms with Crippen LogP contribution >= 0.6 is 27.3 Å². The number of halogens is 1. The number of benzene rings is 5. The van der Waals surface area contributed by atoms with Crippen LogP contribution in [0.4, 0.5) is 0 Å². The molecule has 0 aliphatic carbocycles. The molecule has 5 aromatic carbocycles. The van der Waals surface area contributed by atoms with Gasteiger partial charge in [-0.25, -0.2) is 4.79 Å². The van der Waals surface area contributed by atoms with Gasteiger partial charge in [-0.2, -0.15) is 0 Å². The van der Waals surface area contributed by atoms with E-state index in [4.69, 9.17) is 4.74 Å². The van der Waals surface area contributed by atoms with E-state index >= 15 is 0 Å². The zero-order chi connectivity index (χ0) is 29.5. The van der Waals surface area contributed by atoms with Crippen LogP contribution < -0.4 is 4.74 Å². The first-order valence-corrected chi connectivity index (χ1v) is 16.0. The number of hydrogen-bond donors (Lipinski definition) is 1. The van der Waals surface area contributed by atoms with Gasteiger partial charge in [-0.15, -0.1) is 11.3 Å². The van der Waals surface area contributed by atoms with Gasteiger partial charge in [-0.05, 0) is 84.6 Å². The second-order valence-electron chi connectivity index (χ2n) is 11.5. The first-order chi connectivity index (χ1) is 20.2. The van der Waals surface area contributed by atoms with Crippen LogP contribution in [0.5, 0.6) is 5.75 Å². The lowest BCUT2D eigenvalue weighted by Gasteiger charge is -2.25. The summed E-state index contributed by atoms with van der Waals surface area (Å²) < 4.78 is 10.1. The minimum Gasteiger partial charge on any atom is -0.478 e. The summed E-state index contributed by atoms with van der Waals surface area (Å²) >= 11 is 5.77. The van der Waals surface area contributed by atoms with E-state index < -0.39 is 12.1 Å². The number of fused-ring (bicyclic) bond motifs is 4. The van der Waals surface area contributed by atoms with Gasteiger partial charge in [0.05, 0.1) is 4.70 Å². The number of thiophene rings is 1. The molecule has 0 saturated heterocycles. The highest BCUT2D eigenvalue weighted by Crippen LogP contribution is 2.50. The average Bonchev–Trinajstić information content (AvgIpc) is 3.37. The van der Waals surface area contributed by atoms with E-state index in [0.717, 1.165) is 26.7 Å². The number of carboxylic acid groups (broad SMARTS) is 1. The van der Waals surface area contributed by atoms with Crippen LogP contribution in [0.1, 0.15) is 56.2 Å². The summed E-state index contributed by atoms with van der Waals surface area (Å²) in [5.74, 6) is -0.0160. The van der Waals surface area contributed by atoms with Crippen LogP contribution in [-0.2, 0) is 11.2 Å². The lowest BCUT2D eigenvalue weighted by molar-refractivity contribution is -0.145. The summed E-state index contributed by atoms with van der Waals surface area (Å²) in [4.78, 5) is 12.5. The van der Waals surface area contributed by atoms with Gasteiger partial charge in [0.25, 0.3) is 0 Å². The van der Waals surface area contributed by atoms with Gasteiger partial charge in [0.1, 0.15) is 5.75 Å². The van der Waals surface area contributed by atoms with E-state index in [1.807, 2.05) is 41.7 Å². The van der Waals surface area contributed by atoms with Crippen molar-refractivity contribution in [2.45, 2.75) is 52.1 Å². The zero-order valence-corrected chi connectivity index (χ0v) is 26.6. The van der Waals surface area contributed by atoms with E-state index in [1.165, 1.54) is 36.5 Å². The Balaban J connectivity index is 1.62. The zero-order valence-electron chi connectivity index (χ0n) is 24.1. The molecular weight excluding hydrogens is 604 g/mol. The molecule has 0 aliphatic heterocycles. The fourth-order valence-corrected chi connectivity index (χ4v) is 7.81. The van der Waals surface area contributed by atoms with Crippen molar-refractivity contribution in [1.82, 2.24) is 0 Å². The minimum absolute atomic E-state index is 0.125. The second kappa shape index (κ2) is 11.5. The van der Waals surface area contributed by atoms with Crippen LogP contribution in [-0.4, -0.2) is 17.2 Å². The van der Waals surface area contributed by atoms with Gasteiger partial charge in [-0.3, -0.25) is 0 Å². The summed E-state index contributed by atoms with van der Waals surface area (Å²) in [6.45, 7) is 8.60.